The number of methoxy groups -OCH3 is 1. The third kappa shape index (κ3) is 7.00. The molecule has 0 amide bonds. The fraction of sp³-hybridized carbons (Fsp3) is 0.818. The van der Waals surface area contributed by atoms with Gasteiger partial charge in [0.25, 0.3) is 0 Å². The fourth-order valence-electron chi connectivity index (χ4n) is 4.19. The van der Waals surface area contributed by atoms with E-state index < -0.39 is 0 Å². The van der Waals surface area contributed by atoms with Crippen molar-refractivity contribution < 1.29 is 4.74 Å². The molecule has 7 nitrogen and oxygen atoms in total. The second kappa shape index (κ2) is 12.2. The van der Waals surface area contributed by atoms with Gasteiger partial charge in [0.1, 0.15) is 0 Å². The number of aryl methyl sites for hydroxylation is 1. The number of ether oxygens (including phenoxy) is 1. The lowest BCUT2D eigenvalue weighted by Crippen LogP contribution is -2.49. The summed E-state index contributed by atoms with van der Waals surface area (Å²) in [5.41, 5.74) is 3.48. The molecule has 1 saturated heterocycles. The van der Waals surface area contributed by atoms with E-state index in [0.29, 0.717) is 18.6 Å². The fourth-order valence-corrected chi connectivity index (χ4v) is 4.19. The normalized spacial score (nSPS) is 17.4. The van der Waals surface area contributed by atoms with E-state index in [0.717, 1.165) is 31.3 Å². The molecule has 7 heteroatoms. The van der Waals surface area contributed by atoms with Crippen LogP contribution in [0.3, 0.4) is 0 Å². The van der Waals surface area contributed by atoms with Crippen LogP contribution in [-0.4, -0.2) is 67.1 Å². The average Bonchev–Trinajstić information content (AvgIpc) is 2.87. The summed E-state index contributed by atoms with van der Waals surface area (Å²) in [6.45, 7) is 14.4. The van der Waals surface area contributed by atoms with Crippen molar-refractivity contribution in [3.63, 3.8) is 0 Å². The van der Waals surface area contributed by atoms with Crippen molar-refractivity contribution in [2.24, 2.45) is 10.9 Å². The van der Waals surface area contributed by atoms with Crippen LogP contribution in [0.2, 0.25) is 0 Å². The molecule has 1 aromatic heterocycles. The molecule has 166 valence electrons. The molecule has 1 aliphatic heterocycles. The first-order chi connectivity index (χ1) is 14.0. The zero-order chi connectivity index (χ0) is 21.2. The van der Waals surface area contributed by atoms with Crippen LogP contribution in [0.4, 0.5) is 0 Å². The highest BCUT2D eigenvalue weighted by atomic mass is 16.5. The minimum Gasteiger partial charge on any atom is -0.383 e. The number of aliphatic imine (C=N–C) groups is 1. The SMILES string of the molecule is CN=C(NCc1c(C)nn(CCOC)c1C)NCC(C(C)C)N1CCCCCC1. The quantitative estimate of drug-likeness (QED) is 0.488. The number of hydrogen-bond donors (Lipinski definition) is 2. The highest BCUT2D eigenvalue weighted by molar-refractivity contribution is 5.79. The maximum absolute atomic E-state index is 5.19. The minimum atomic E-state index is 0.534. The molecule has 0 spiro atoms. The Balaban J connectivity index is 1.92. The topological polar surface area (TPSA) is 66.7 Å². The number of nitrogens with zero attached hydrogens (tertiary/aromatic N) is 4. The number of guanidine groups is 1. The van der Waals surface area contributed by atoms with E-state index >= 15 is 0 Å². The van der Waals surface area contributed by atoms with Crippen molar-refractivity contribution in [1.82, 2.24) is 25.3 Å². The molecule has 1 atom stereocenters. The smallest absolute Gasteiger partial charge is 0.191 e. The van der Waals surface area contributed by atoms with Gasteiger partial charge in [0.15, 0.2) is 5.96 Å². The van der Waals surface area contributed by atoms with E-state index in [1.807, 2.05) is 11.7 Å². The Labute approximate surface area is 177 Å². The minimum absolute atomic E-state index is 0.534. The summed E-state index contributed by atoms with van der Waals surface area (Å²) in [6, 6.07) is 0.534. The van der Waals surface area contributed by atoms with Crippen molar-refractivity contribution in [2.45, 2.75) is 72.5 Å². The van der Waals surface area contributed by atoms with Crippen LogP contribution in [0.15, 0.2) is 4.99 Å². The van der Waals surface area contributed by atoms with Crippen LogP contribution in [0.5, 0.6) is 0 Å². The number of hydrogen-bond acceptors (Lipinski definition) is 4. The zero-order valence-corrected chi connectivity index (χ0v) is 19.4. The monoisotopic (exact) mass is 406 g/mol. The third-order valence-electron chi connectivity index (χ3n) is 6.05. The second-order valence-electron chi connectivity index (χ2n) is 8.43. The van der Waals surface area contributed by atoms with Crippen molar-refractivity contribution in [2.75, 3.05) is 40.4 Å². The van der Waals surface area contributed by atoms with E-state index in [1.54, 1.807) is 7.11 Å². The van der Waals surface area contributed by atoms with Crippen molar-refractivity contribution in [1.29, 1.82) is 0 Å². The van der Waals surface area contributed by atoms with Gasteiger partial charge in [-0.15, -0.1) is 0 Å². The van der Waals surface area contributed by atoms with Crippen molar-refractivity contribution in [3.8, 4) is 0 Å². The summed E-state index contributed by atoms with van der Waals surface area (Å²) in [5.74, 6) is 1.47. The van der Waals surface area contributed by atoms with E-state index in [9.17, 15) is 0 Å². The maximum atomic E-state index is 5.19. The molecule has 1 fully saturated rings. The first kappa shape index (κ1) is 23.7. The standard InChI is InChI=1S/C22H42N6O/c1-17(2)21(27-11-9-7-8-10-12-27)16-25-22(23-5)24-15-20-18(3)26-28(19(20)4)13-14-29-6/h17,21H,7-16H2,1-6H3,(H2,23,24,25). The second-order valence-corrected chi connectivity index (χ2v) is 8.43. The predicted octanol–water partition coefficient (Wildman–Crippen LogP) is 2.71. The summed E-state index contributed by atoms with van der Waals surface area (Å²) >= 11 is 0. The summed E-state index contributed by atoms with van der Waals surface area (Å²) in [4.78, 5) is 7.12. The van der Waals surface area contributed by atoms with Gasteiger partial charge in [0.2, 0.25) is 0 Å². The van der Waals surface area contributed by atoms with Gasteiger partial charge in [-0.2, -0.15) is 5.10 Å². The van der Waals surface area contributed by atoms with Gasteiger partial charge in [0, 0.05) is 44.5 Å². The van der Waals surface area contributed by atoms with Crippen LogP contribution >= 0.6 is 0 Å². The summed E-state index contributed by atoms with van der Waals surface area (Å²) in [5, 5.41) is 11.7. The van der Waals surface area contributed by atoms with Gasteiger partial charge in [0.05, 0.1) is 18.8 Å². The Morgan fingerprint density at radius 1 is 1.14 bits per heavy atom. The highest BCUT2D eigenvalue weighted by Gasteiger charge is 2.23. The van der Waals surface area contributed by atoms with Crippen LogP contribution in [0.1, 0.15) is 56.5 Å². The highest BCUT2D eigenvalue weighted by Crippen LogP contribution is 2.17. The molecule has 0 aromatic carbocycles. The number of aromatic nitrogens is 2. The van der Waals surface area contributed by atoms with Crippen molar-refractivity contribution >= 4 is 5.96 Å². The molecule has 0 radical (unpaired) electrons. The first-order valence-corrected chi connectivity index (χ1v) is 11.2. The van der Waals surface area contributed by atoms with Crippen LogP contribution in [-0.2, 0) is 17.8 Å². The summed E-state index contributed by atoms with van der Waals surface area (Å²) in [7, 11) is 3.56. The molecule has 0 bridgehead atoms. The Kier molecular flexibility index (Phi) is 9.94. The predicted molar refractivity (Wildman–Crippen MR) is 120 cm³/mol. The molecule has 1 aliphatic rings. The molecule has 29 heavy (non-hydrogen) atoms. The molecule has 1 unspecified atom stereocenters. The molecular weight excluding hydrogens is 364 g/mol. The van der Waals surface area contributed by atoms with Gasteiger partial charge in [-0.1, -0.05) is 26.7 Å². The lowest BCUT2D eigenvalue weighted by molar-refractivity contribution is 0.161. The van der Waals surface area contributed by atoms with Gasteiger partial charge in [-0.05, 0) is 45.7 Å². The van der Waals surface area contributed by atoms with E-state index in [-0.39, 0.29) is 0 Å². The Bertz CT molecular complexity index is 631. The lowest BCUT2D eigenvalue weighted by atomic mass is 10.0. The van der Waals surface area contributed by atoms with Crippen molar-refractivity contribution in [3.05, 3.63) is 17.0 Å². The maximum Gasteiger partial charge on any atom is 0.191 e. The number of nitrogens with one attached hydrogen (secondary N) is 2. The molecular formula is C22H42N6O. The summed E-state index contributed by atoms with van der Waals surface area (Å²) < 4.78 is 7.22. The van der Waals surface area contributed by atoms with E-state index in [2.05, 4.69) is 53.3 Å². The molecule has 2 heterocycles. The Hall–Kier alpha value is -1.60. The Morgan fingerprint density at radius 2 is 1.83 bits per heavy atom. The number of likely N-dealkylation sites (tertiary alicyclic amines) is 1. The summed E-state index contributed by atoms with van der Waals surface area (Å²) in [6.07, 6.45) is 5.38. The largest absolute Gasteiger partial charge is 0.383 e. The van der Waals surface area contributed by atoms with Gasteiger partial charge >= 0.3 is 0 Å². The van der Waals surface area contributed by atoms with Crippen LogP contribution < -0.4 is 10.6 Å². The van der Waals surface area contributed by atoms with Gasteiger partial charge in [-0.3, -0.25) is 14.6 Å². The third-order valence-corrected chi connectivity index (χ3v) is 6.05. The van der Waals surface area contributed by atoms with Crippen LogP contribution in [0, 0.1) is 19.8 Å². The Morgan fingerprint density at radius 3 is 2.41 bits per heavy atom. The van der Waals surface area contributed by atoms with E-state index in [1.165, 1.54) is 50.0 Å². The van der Waals surface area contributed by atoms with Gasteiger partial charge < -0.3 is 15.4 Å². The molecule has 0 saturated carbocycles. The number of rotatable bonds is 9. The molecule has 0 aliphatic carbocycles. The average molecular weight is 407 g/mol. The zero-order valence-electron chi connectivity index (χ0n) is 19.4. The van der Waals surface area contributed by atoms with Gasteiger partial charge in [-0.25, -0.2) is 0 Å². The first-order valence-electron chi connectivity index (χ1n) is 11.2. The lowest BCUT2D eigenvalue weighted by Gasteiger charge is -2.34. The molecule has 2 N–H and O–H groups in total. The molecule has 2 rings (SSSR count). The molecule has 1 aromatic rings. The van der Waals surface area contributed by atoms with Crippen LogP contribution in [0.25, 0.3) is 0 Å². The van der Waals surface area contributed by atoms with E-state index in [4.69, 9.17) is 4.74 Å².